The highest BCUT2D eigenvalue weighted by Gasteiger charge is 2.32. The Bertz CT molecular complexity index is 1160. The summed E-state index contributed by atoms with van der Waals surface area (Å²) in [6.07, 6.45) is 0. The number of Topliss-reactive ketones (excluding diaryl/α,β-unsaturated/α-hetero) is 1. The molecule has 1 aliphatic rings. The Labute approximate surface area is 193 Å². The molecule has 1 aliphatic heterocycles. The van der Waals surface area contributed by atoms with Gasteiger partial charge in [-0.15, -0.1) is 0 Å². The van der Waals surface area contributed by atoms with Crippen LogP contribution in [0.25, 0.3) is 10.8 Å². The minimum absolute atomic E-state index is 0.0116. The van der Waals surface area contributed by atoms with E-state index in [4.69, 9.17) is 4.74 Å². The summed E-state index contributed by atoms with van der Waals surface area (Å²) in [7, 11) is 0. The smallest absolute Gasteiger partial charge is 0.260 e. The Balaban J connectivity index is 1.44. The van der Waals surface area contributed by atoms with Crippen LogP contribution in [0.3, 0.4) is 0 Å². The molecule has 33 heavy (non-hydrogen) atoms. The number of amides is 1. The van der Waals surface area contributed by atoms with Crippen LogP contribution in [0.1, 0.15) is 36.7 Å². The second kappa shape index (κ2) is 9.71. The van der Waals surface area contributed by atoms with Crippen molar-refractivity contribution in [2.45, 2.75) is 39.4 Å². The van der Waals surface area contributed by atoms with Crippen LogP contribution in [0.5, 0.6) is 5.75 Å². The molecule has 1 saturated heterocycles. The van der Waals surface area contributed by atoms with Gasteiger partial charge >= 0.3 is 0 Å². The molecule has 0 bridgehead atoms. The van der Waals surface area contributed by atoms with Crippen LogP contribution in [0.15, 0.2) is 60.7 Å². The molecule has 0 aromatic heterocycles. The van der Waals surface area contributed by atoms with Gasteiger partial charge in [-0.05, 0) is 49.9 Å². The van der Waals surface area contributed by atoms with E-state index in [1.54, 1.807) is 18.2 Å². The summed E-state index contributed by atoms with van der Waals surface area (Å²) in [6, 6.07) is 18.0. The highest BCUT2D eigenvalue weighted by molar-refractivity contribution is 6.03. The van der Waals surface area contributed by atoms with Crippen molar-refractivity contribution in [2.75, 3.05) is 19.7 Å². The van der Waals surface area contributed by atoms with Gasteiger partial charge in [0.05, 0.1) is 5.56 Å². The molecule has 6 heteroatoms. The molecular weight excluding hydrogens is 419 g/mol. The number of piperazine rings is 1. The molecule has 1 heterocycles. The van der Waals surface area contributed by atoms with E-state index in [1.165, 1.54) is 19.1 Å². The SMILES string of the molecule is CC(=O)c1ccc2ccccc2c1OCC(=O)N1CC(C)N(Cc2ccc(F)cc2)CC1C. The third-order valence-electron chi connectivity index (χ3n) is 6.33. The first-order valence-electron chi connectivity index (χ1n) is 11.3. The van der Waals surface area contributed by atoms with Crippen molar-refractivity contribution in [1.82, 2.24) is 9.80 Å². The lowest BCUT2D eigenvalue weighted by Crippen LogP contribution is -2.58. The van der Waals surface area contributed by atoms with Gasteiger partial charge in [0.15, 0.2) is 12.4 Å². The zero-order valence-electron chi connectivity index (χ0n) is 19.3. The molecule has 3 aromatic carbocycles. The fourth-order valence-corrected chi connectivity index (χ4v) is 4.48. The monoisotopic (exact) mass is 448 g/mol. The molecule has 0 spiro atoms. The van der Waals surface area contributed by atoms with Crippen LogP contribution in [0, 0.1) is 5.82 Å². The summed E-state index contributed by atoms with van der Waals surface area (Å²) in [5.41, 5.74) is 1.53. The highest BCUT2D eigenvalue weighted by Crippen LogP contribution is 2.30. The van der Waals surface area contributed by atoms with Crippen molar-refractivity contribution in [2.24, 2.45) is 0 Å². The molecule has 1 fully saturated rings. The standard InChI is InChI=1S/C27H29FN2O3/c1-18-15-30(19(2)14-29(18)16-21-8-11-23(28)12-9-21)26(32)17-33-27-24(20(3)31)13-10-22-6-4-5-7-25(22)27/h4-13,18-19H,14-17H2,1-3H3. The lowest BCUT2D eigenvalue weighted by Gasteiger charge is -2.44. The predicted molar refractivity (Wildman–Crippen MR) is 127 cm³/mol. The zero-order chi connectivity index (χ0) is 23.5. The summed E-state index contributed by atoms with van der Waals surface area (Å²) >= 11 is 0. The summed E-state index contributed by atoms with van der Waals surface area (Å²) in [4.78, 5) is 29.4. The minimum Gasteiger partial charge on any atom is -0.482 e. The van der Waals surface area contributed by atoms with Crippen LogP contribution < -0.4 is 4.74 Å². The van der Waals surface area contributed by atoms with Crippen molar-refractivity contribution >= 4 is 22.5 Å². The summed E-state index contributed by atoms with van der Waals surface area (Å²) in [5.74, 6) is 0.0251. The number of nitrogens with zero attached hydrogens (tertiary/aromatic N) is 2. The van der Waals surface area contributed by atoms with Gasteiger partial charge in [-0.3, -0.25) is 14.5 Å². The normalized spacial score (nSPS) is 19.0. The largest absolute Gasteiger partial charge is 0.482 e. The third kappa shape index (κ3) is 5.06. The maximum Gasteiger partial charge on any atom is 0.260 e. The third-order valence-corrected chi connectivity index (χ3v) is 6.33. The van der Waals surface area contributed by atoms with E-state index < -0.39 is 0 Å². The van der Waals surface area contributed by atoms with Crippen LogP contribution in [0.4, 0.5) is 4.39 Å². The quantitative estimate of drug-likeness (QED) is 0.514. The van der Waals surface area contributed by atoms with Crippen LogP contribution in [0.2, 0.25) is 0 Å². The van der Waals surface area contributed by atoms with Gasteiger partial charge in [-0.1, -0.05) is 42.5 Å². The van der Waals surface area contributed by atoms with Gasteiger partial charge in [0, 0.05) is 37.1 Å². The molecule has 172 valence electrons. The molecule has 0 N–H and O–H groups in total. The molecule has 0 radical (unpaired) electrons. The van der Waals surface area contributed by atoms with Crippen molar-refractivity contribution in [3.8, 4) is 5.75 Å². The van der Waals surface area contributed by atoms with Crippen molar-refractivity contribution in [1.29, 1.82) is 0 Å². The Kier molecular flexibility index (Phi) is 6.75. The molecule has 0 saturated carbocycles. The van der Waals surface area contributed by atoms with Crippen molar-refractivity contribution < 1.29 is 18.7 Å². The Morgan fingerprint density at radius 2 is 1.70 bits per heavy atom. The maximum absolute atomic E-state index is 13.2. The van der Waals surface area contributed by atoms with E-state index in [0.29, 0.717) is 24.4 Å². The number of rotatable bonds is 6. The number of fused-ring (bicyclic) bond motifs is 1. The number of carbonyl (C=O) groups is 2. The second-order valence-corrected chi connectivity index (χ2v) is 8.81. The molecule has 3 aromatic rings. The molecule has 5 nitrogen and oxygen atoms in total. The first kappa shape index (κ1) is 22.9. The molecule has 2 unspecified atom stereocenters. The number of ketones is 1. The van der Waals surface area contributed by atoms with Gasteiger partial charge in [0.1, 0.15) is 11.6 Å². The summed E-state index contributed by atoms with van der Waals surface area (Å²) < 4.78 is 19.2. The van der Waals surface area contributed by atoms with Gasteiger partial charge in [0.25, 0.3) is 5.91 Å². The number of hydrogen-bond acceptors (Lipinski definition) is 4. The van der Waals surface area contributed by atoms with E-state index in [0.717, 1.165) is 22.9 Å². The van der Waals surface area contributed by atoms with E-state index in [2.05, 4.69) is 11.8 Å². The zero-order valence-corrected chi connectivity index (χ0v) is 19.3. The number of halogens is 1. The molecule has 0 aliphatic carbocycles. The number of ether oxygens (including phenoxy) is 1. The van der Waals surface area contributed by atoms with Crippen LogP contribution in [-0.2, 0) is 11.3 Å². The Hall–Kier alpha value is -3.25. The average Bonchev–Trinajstić information content (AvgIpc) is 2.80. The Morgan fingerprint density at radius 1 is 0.970 bits per heavy atom. The van der Waals surface area contributed by atoms with E-state index >= 15 is 0 Å². The molecule has 2 atom stereocenters. The topological polar surface area (TPSA) is 49.9 Å². The number of carbonyl (C=O) groups excluding carboxylic acids is 2. The maximum atomic E-state index is 13.2. The van der Waals surface area contributed by atoms with Gasteiger partial charge in [-0.25, -0.2) is 4.39 Å². The van der Waals surface area contributed by atoms with Crippen molar-refractivity contribution in [3.05, 3.63) is 77.6 Å². The first-order chi connectivity index (χ1) is 15.8. The lowest BCUT2D eigenvalue weighted by molar-refractivity contribution is -0.139. The minimum atomic E-state index is -0.241. The Morgan fingerprint density at radius 3 is 2.42 bits per heavy atom. The van der Waals surface area contributed by atoms with E-state index in [1.807, 2.05) is 42.2 Å². The second-order valence-electron chi connectivity index (χ2n) is 8.81. The average molecular weight is 449 g/mol. The van der Waals surface area contributed by atoms with Gasteiger partial charge < -0.3 is 9.64 Å². The fraction of sp³-hybridized carbons (Fsp3) is 0.333. The fourth-order valence-electron chi connectivity index (χ4n) is 4.48. The molecule has 4 rings (SSSR count). The predicted octanol–water partition coefficient (Wildman–Crippen LogP) is 4.68. The summed E-state index contributed by atoms with van der Waals surface area (Å²) in [5, 5.41) is 1.78. The highest BCUT2D eigenvalue weighted by atomic mass is 19.1. The van der Waals surface area contributed by atoms with Crippen LogP contribution >= 0.6 is 0 Å². The molecule has 1 amide bonds. The molecular formula is C27H29FN2O3. The summed E-state index contributed by atoms with van der Waals surface area (Å²) in [6.45, 7) is 7.51. The lowest BCUT2D eigenvalue weighted by atomic mass is 10.0. The first-order valence-corrected chi connectivity index (χ1v) is 11.3. The number of benzene rings is 3. The van der Waals surface area contributed by atoms with Gasteiger partial charge in [0.2, 0.25) is 0 Å². The van der Waals surface area contributed by atoms with Crippen LogP contribution in [-0.4, -0.2) is 53.3 Å². The van der Waals surface area contributed by atoms with E-state index in [-0.39, 0.29) is 36.2 Å². The van der Waals surface area contributed by atoms with Crippen molar-refractivity contribution in [3.63, 3.8) is 0 Å². The van der Waals surface area contributed by atoms with Gasteiger partial charge in [-0.2, -0.15) is 0 Å². The number of hydrogen-bond donors (Lipinski definition) is 0. The van der Waals surface area contributed by atoms with E-state index in [9.17, 15) is 14.0 Å².